The molecule has 0 spiro atoms. The van der Waals surface area contributed by atoms with Crippen LogP contribution in [0.25, 0.3) is 0 Å². The molecule has 0 aliphatic carbocycles. The van der Waals surface area contributed by atoms with Gasteiger partial charge in [0.1, 0.15) is 0 Å². The van der Waals surface area contributed by atoms with Crippen LogP contribution in [-0.4, -0.2) is 24.8 Å². The fraction of sp³-hybridized carbons (Fsp3) is 1.00. The minimum Gasteiger partial charge on any atom is -0.396 e. The van der Waals surface area contributed by atoms with E-state index in [-0.39, 0.29) is 0 Å². The molecule has 2 heteroatoms. The molecule has 2 nitrogen and oxygen atoms in total. The summed E-state index contributed by atoms with van der Waals surface area (Å²) >= 11 is 0. The van der Waals surface area contributed by atoms with Crippen LogP contribution < -0.4 is 5.32 Å². The third-order valence-corrected chi connectivity index (χ3v) is 3.24. The second-order valence-corrected chi connectivity index (χ2v) is 4.76. The molecular weight excluding hydrogens is 198 g/mol. The summed E-state index contributed by atoms with van der Waals surface area (Å²) in [5.41, 5.74) is 0. The fourth-order valence-corrected chi connectivity index (χ4v) is 1.96. The first-order chi connectivity index (χ1) is 7.85. The maximum atomic E-state index is 8.64. The predicted octanol–water partition coefficient (Wildman–Crippen LogP) is 3.35. The SMILES string of the molecule is CCCCC(CC)CNCCCCCCO. The number of unbranched alkanes of at least 4 members (excludes halogenated alkanes) is 4. The highest BCUT2D eigenvalue weighted by Crippen LogP contribution is 2.11. The average molecular weight is 229 g/mol. The Bertz CT molecular complexity index is 128. The Morgan fingerprint density at radius 1 is 1.00 bits per heavy atom. The molecule has 0 aromatic rings. The van der Waals surface area contributed by atoms with Gasteiger partial charge in [0, 0.05) is 6.61 Å². The molecule has 0 saturated carbocycles. The number of hydrogen-bond donors (Lipinski definition) is 2. The number of rotatable bonds is 12. The molecule has 0 aliphatic rings. The van der Waals surface area contributed by atoms with Crippen molar-refractivity contribution in [1.29, 1.82) is 0 Å². The second kappa shape index (κ2) is 13.0. The Hall–Kier alpha value is -0.0800. The predicted molar refractivity (Wildman–Crippen MR) is 71.7 cm³/mol. The highest BCUT2D eigenvalue weighted by atomic mass is 16.2. The Morgan fingerprint density at radius 3 is 2.38 bits per heavy atom. The molecule has 1 unspecified atom stereocenters. The monoisotopic (exact) mass is 229 g/mol. The first kappa shape index (κ1) is 15.9. The van der Waals surface area contributed by atoms with Gasteiger partial charge >= 0.3 is 0 Å². The van der Waals surface area contributed by atoms with Crippen molar-refractivity contribution in [3.05, 3.63) is 0 Å². The van der Waals surface area contributed by atoms with Crippen LogP contribution in [0.5, 0.6) is 0 Å². The van der Waals surface area contributed by atoms with Gasteiger partial charge in [-0.2, -0.15) is 0 Å². The minimum absolute atomic E-state index is 0.350. The molecule has 16 heavy (non-hydrogen) atoms. The normalized spacial score (nSPS) is 12.9. The summed E-state index contributed by atoms with van der Waals surface area (Å²) in [6, 6.07) is 0. The van der Waals surface area contributed by atoms with E-state index in [9.17, 15) is 0 Å². The zero-order valence-corrected chi connectivity index (χ0v) is 11.3. The van der Waals surface area contributed by atoms with Crippen LogP contribution >= 0.6 is 0 Å². The van der Waals surface area contributed by atoms with Crippen molar-refractivity contribution in [3.8, 4) is 0 Å². The molecule has 0 aliphatic heterocycles. The maximum Gasteiger partial charge on any atom is 0.0431 e. The van der Waals surface area contributed by atoms with E-state index in [1.165, 1.54) is 51.5 Å². The van der Waals surface area contributed by atoms with E-state index in [1.807, 2.05) is 0 Å². The van der Waals surface area contributed by atoms with Crippen molar-refractivity contribution in [3.63, 3.8) is 0 Å². The van der Waals surface area contributed by atoms with Crippen LogP contribution in [0, 0.1) is 5.92 Å². The lowest BCUT2D eigenvalue weighted by atomic mass is 9.99. The summed E-state index contributed by atoms with van der Waals surface area (Å²) in [5.74, 6) is 0.873. The first-order valence-corrected chi connectivity index (χ1v) is 7.16. The quantitative estimate of drug-likeness (QED) is 0.503. The maximum absolute atomic E-state index is 8.64. The number of aliphatic hydroxyl groups excluding tert-OH is 1. The third kappa shape index (κ3) is 10.4. The lowest BCUT2D eigenvalue weighted by molar-refractivity contribution is 0.282. The molecule has 98 valence electrons. The molecule has 0 bridgehead atoms. The first-order valence-electron chi connectivity index (χ1n) is 7.16. The molecule has 0 amide bonds. The molecule has 2 N–H and O–H groups in total. The number of hydrogen-bond acceptors (Lipinski definition) is 2. The molecule has 0 saturated heterocycles. The smallest absolute Gasteiger partial charge is 0.0431 e. The van der Waals surface area contributed by atoms with Gasteiger partial charge in [-0.25, -0.2) is 0 Å². The van der Waals surface area contributed by atoms with Crippen molar-refractivity contribution < 1.29 is 5.11 Å². The molecule has 0 heterocycles. The van der Waals surface area contributed by atoms with Gasteiger partial charge in [-0.1, -0.05) is 46.0 Å². The van der Waals surface area contributed by atoms with Gasteiger partial charge in [0.15, 0.2) is 0 Å². The van der Waals surface area contributed by atoms with E-state index in [0.717, 1.165) is 18.9 Å². The molecule has 0 rings (SSSR count). The Kier molecular flexibility index (Phi) is 12.9. The van der Waals surface area contributed by atoms with Crippen molar-refractivity contribution in [1.82, 2.24) is 5.32 Å². The largest absolute Gasteiger partial charge is 0.396 e. The Balaban J connectivity index is 3.20. The zero-order valence-electron chi connectivity index (χ0n) is 11.3. The van der Waals surface area contributed by atoms with E-state index in [4.69, 9.17) is 5.11 Å². The number of aliphatic hydroxyl groups is 1. The van der Waals surface area contributed by atoms with Gasteiger partial charge < -0.3 is 10.4 Å². The second-order valence-electron chi connectivity index (χ2n) is 4.76. The summed E-state index contributed by atoms with van der Waals surface area (Å²) in [4.78, 5) is 0. The van der Waals surface area contributed by atoms with Crippen LogP contribution in [0.1, 0.15) is 65.2 Å². The van der Waals surface area contributed by atoms with Crippen LogP contribution in [0.15, 0.2) is 0 Å². The van der Waals surface area contributed by atoms with Crippen LogP contribution in [-0.2, 0) is 0 Å². The van der Waals surface area contributed by atoms with Crippen LogP contribution in [0.3, 0.4) is 0 Å². The van der Waals surface area contributed by atoms with Gasteiger partial charge in [0.05, 0.1) is 0 Å². The van der Waals surface area contributed by atoms with Gasteiger partial charge in [0.25, 0.3) is 0 Å². The van der Waals surface area contributed by atoms with E-state index < -0.39 is 0 Å². The van der Waals surface area contributed by atoms with E-state index >= 15 is 0 Å². The summed E-state index contributed by atoms with van der Waals surface area (Å²) in [6.07, 6.45) is 10.0. The summed E-state index contributed by atoms with van der Waals surface area (Å²) in [6.45, 7) is 7.25. The van der Waals surface area contributed by atoms with E-state index in [0.29, 0.717) is 6.61 Å². The van der Waals surface area contributed by atoms with Gasteiger partial charge in [-0.3, -0.25) is 0 Å². The zero-order chi connectivity index (χ0) is 12.1. The van der Waals surface area contributed by atoms with Gasteiger partial charge in [0.2, 0.25) is 0 Å². The van der Waals surface area contributed by atoms with Crippen LogP contribution in [0.4, 0.5) is 0 Å². The summed E-state index contributed by atoms with van der Waals surface area (Å²) < 4.78 is 0. The topological polar surface area (TPSA) is 32.3 Å². The molecule has 1 atom stereocenters. The molecule has 0 radical (unpaired) electrons. The highest BCUT2D eigenvalue weighted by Gasteiger charge is 2.04. The van der Waals surface area contributed by atoms with Crippen LogP contribution in [0.2, 0.25) is 0 Å². The van der Waals surface area contributed by atoms with Crippen molar-refractivity contribution >= 4 is 0 Å². The molecule has 0 aromatic heterocycles. The Labute approximate surface area is 102 Å². The van der Waals surface area contributed by atoms with E-state index in [2.05, 4.69) is 19.2 Å². The standard InChI is InChI=1S/C14H31NO/c1-3-5-10-14(4-2)13-15-11-8-6-7-9-12-16/h14-16H,3-13H2,1-2H3. The average Bonchev–Trinajstić information content (AvgIpc) is 2.32. The number of nitrogens with one attached hydrogen (secondary N) is 1. The lowest BCUT2D eigenvalue weighted by Gasteiger charge is -2.15. The summed E-state index contributed by atoms with van der Waals surface area (Å²) in [7, 11) is 0. The third-order valence-electron chi connectivity index (χ3n) is 3.24. The van der Waals surface area contributed by atoms with Crippen molar-refractivity contribution in [2.24, 2.45) is 5.92 Å². The molecular formula is C14H31NO. The lowest BCUT2D eigenvalue weighted by Crippen LogP contribution is -2.23. The Morgan fingerprint density at radius 2 is 1.75 bits per heavy atom. The summed E-state index contributed by atoms with van der Waals surface area (Å²) in [5, 5.41) is 12.2. The fourth-order valence-electron chi connectivity index (χ4n) is 1.96. The van der Waals surface area contributed by atoms with E-state index in [1.54, 1.807) is 0 Å². The molecule has 0 aromatic carbocycles. The van der Waals surface area contributed by atoms with Crippen molar-refractivity contribution in [2.45, 2.75) is 65.2 Å². The minimum atomic E-state index is 0.350. The highest BCUT2D eigenvalue weighted by molar-refractivity contribution is 4.61. The van der Waals surface area contributed by atoms with Gasteiger partial charge in [-0.15, -0.1) is 0 Å². The van der Waals surface area contributed by atoms with Gasteiger partial charge in [-0.05, 0) is 38.3 Å². The molecule has 0 fully saturated rings. The van der Waals surface area contributed by atoms with Crippen molar-refractivity contribution in [2.75, 3.05) is 19.7 Å².